The van der Waals surface area contributed by atoms with Crippen LogP contribution in [0.2, 0.25) is 0 Å². The summed E-state index contributed by atoms with van der Waals surface area (Å²) in [5.41, 5.74) is 0. The quantitative estimate of drug-likeness (QED) is 0.799. The van der Waals surface area contributed by atoms with E-state index in [9.17, 15) is 13.2 Å². The van der Waals surface area contributed by atoms with Gasteiger partial charge in [-0.1, -0.05) is 19.3 Å². The summed E-state index contributed by atoms with van der Waals surface area (Å²) in [5.74, 6) is -0.275. The van der Waals surface area contributed by atoms with Crippen LogP contribution in [-0.4, -0.2) is 26.7 Å². The van der Waals surface area contributed by atoms with Gasteiger partial charge in [0.25, 0.3) is 0 Å². The van der Waals surface area contributed by atoms with Gasteiger partial charge in [0, 0.05) is 6.26 Å². The third-order valence-corrected chi connectivity index (χ3v) is 4.70. The lowest BCUT2D eigenvalue weighted by Gasteiger charge is -2.26. The van der Waals surface area contributed by atoms with Gasteiger partial charge < -0.3 is 9.15 Å². The second kappa shape index (κ2) is 5.99. The molecule has 1 aromatic rings. The lowest BCUT2D eigenvalue weighted by molar-refractivity contribution is 0.0104. The predicted molar refractivity (Wildman–Crippen MR) is 73.3 cm³/mol. The van der Waals surface area contributed by atoms with E-state index in [4.69, 9.17) is 9.15 Å². The van der Waals surface area contributed by atoms with Gasteiger partial charge in [0.05, 0.1) is 0 Å². The first-order valence-corrected chi connectivity index (χ1v) is 8.78. The summed E-state index contributed by atoms with van der Waals surface area (Å²) in [5, 5.41) is -0.213. The molecule has 1 atom stereocenters. The molecule has 5 nitrogen and oxygen atoms in total. The van der Waals surface area contributed by atoms with Crippen molar-refractivity contribution in [1.82, 2.24) is 0 Å². The molecule has 0 spiro atoms. The molecule has 0 N–H and O–H groups in total. The number of hydrogen-bond acceptors (Lipinski definition) is 5. The number of esters is 1. The van der Waals surface area contributed by atoms with Gasteiger partial charge >= 0.3 is 5.97 Å². The molecule has 1 saturated carbocycles. The number of carbonyl (C=O) groups is 1. The highest BCUT2D eigenvalue weighted by atomic mass is 32.2. The molecule has 2 rings (SSSR count). The number of sulfone groups is 1. The second-order valence-corrected chi connectivity index (χ2v) is 7.35. The minimum absolute atomic E-state index is 0.0620. The molecular formula is C14H20O5S. The summed E-state index contributed by atoms with van der Waals surface area (Å²) < 4.78 is 33.0. The van der Waals surface area contributed by atoms with Crippen LogP contribution in [0.4, 0.5) is 0 Å². The van der Waals surface area contributed by atoms with E-state index in [0.717, 1.165) is 19.1 Å². The molecule has 0 bridgehead atoms. The van der Waals surface area contributed by atoms with E-state index in [1.54, 1.807) is 0 Å². The monoisotopic (exact) mass is 300 g/mol. The van der Waals surface area contributed by atoms with Crippen molar-refractivity contribution < 1.29 is 22.4 Å². The first-order valence-electron chi connectivity index (χ1n) is 6.89. The largest absolute Gasteiger partial charge is 0.457 e. The van der Waals surface area contributed by atoms with E-state index in [1.807, 2.05) is 6.92 Å². The summed E-state index contributed by atoms with van der Waals surface area (Å²) in [6, 6.07) is 2.61. The van der Waals surface area contributed by atoms with Crippen LogP contribution in [-0.2, 0) is 14.6 Å². The maximum absolute atomic E-state index is 11.9. The number of hydrogen-bond donors (Lipinski definition) is 0. The molecule has 0 saturated heterocycles. The molecule has 1 fully saturated rings. The van der Waals surface area contributed by atoms with Crippen molar-refractivity contribution in [2.75, 3.05) is 6.26 Å². The van der Waals surface area contributed by atoms with Crippen LogP contribution >= 0.6 is 0 Å². The normalized spacial score (nSPS) is 18.7. The van der Waals surface area contributed by atoms with E-state index in [2.05, 4.69) is 0 Å². The first-order chi connectivity index (χ1) is 9.38. The van der Waals surface area contributed by atoms with Crippen LogP contribution in [0.15, 0.2) is 21.6 Å². The van der Waals surface area contributed by atoms with Gasteiger partial charge in [-0.3, -0.25) is 0 Å². The zero-order valence-corrected chi connectivity index (χ0v) is 12.6. The van der Waals surface area contributed by atoms with Crippen molar-refractivity contribution in [3.05, 3.63) is 17.9 Å². The standard InChI is InChI=1S/C14H20O5S/c1-10(11-6-4-3-5-7-11)18-14(15)12-8-9-13(19-12)20(2,16)17/h8-11H,3-7H2,1-2H3. The molecule has 1 heterocycles. The van der Waals surface area contributed by atoms with Crippen molar-refractivity contribution in [3.8, 4) is 0 Å². The third kappa shape index (κ3) is 3.62. The summed E-state index contributed by atoms with van der Waals surface area (Å²) in [6.07, 6.45) is 6.59. The van der Waals surface area contributed by atoms with Gasteiger partial charge in [-0.05, 0) is 37.8 Å². The Kier molecular flexibility index (Phi) is 4.52. The zero-order chi connectivity index (χ0) is 14.8. The van der Waals surface area contributed by atoms with Crippen molar-refractivity contribution in [2.45, 2.75) is 50.2 Å². The lowest BCUT2D eigenvalue weighted by atomic mass is 9.86. The Morgan fingerprint density at radius 2 is 1.95 bits per heavy atom. The minimum Gasteiger partial charge on any atom is -0.457 e. The summed E-state index contributed by atoms with van der Waals surface area (Å²) in [7, 11) is -3.44. The van der Waals surface area contributed by atoms with E-state index < -0.39 is 15.8 Å². The Morgan fingerprint density at radius 3 is 2.50 bits per heavy atom. The van der Waals surface area contributed by atoms with Gasteiger partial charge in [0.1, 0.15) is 6.10 Å². The zero-order valence-electron chi connectivity index (χ0n) is 11.8. The molecule has 0 radical (unpaired) electrons. The fourth-order valence-electron chi connectivity index (χ4n) is 2.56. The predicted octanol–water partition coefficient (Wildman–Crippen LogP) is 2.81. The molecule has 0 amide bonds. The average molecular weight is 300 g/mol. The average Bonchev–Trinajstić information content (AvgIpc) is 2.89. The van der Waals surface area contributed by atoms with Gasteiger partial charge in [-0.2, -0.15) is 0 Å². The van der Waals surface area contributed by atoms with Crippen LogP contribution in [0.3, 0.4) is 0 Å². The van der Waals surface area contributed by atoms with Gasteiger partial charge in [0.2, 0.25) is 20.7 Å². The van der Waals surface area contributed by atoms with E-state index in [0.29, 0.717) is 5.92 Å². The smallest absolute Gasteiger partial charge is 0.374 e. The molecular weight excluding hydrogens is 280 g/mol. The van der Waals surface area contributed by atoms with Crippen molar-refractivity contribution in [2.24, 2.45) is 5.92 Å². The van der Waals surface area contributed by atoms with Crippen molar-refractivity contribution >= 4 is 15.8 Å². The Labute approximate surface area is 119 Å². The maximum Gasteiger partial charge on any atom is 0.374 e. The molecule has 1 aromatic heterocycles. The van der Waals surface area contributed by atoms with Gasteiger partial charge in [-0.25, -0.2) is 13.2 Å². The highest BCUT2D eigenvalue weighted by Crippen LogP contribution is 2.28. The SMILES string of the molecule is CC(OC(=O)c1ccc(S(C)(=O)=O)o1)C1CCCCC1. The highest BCUT2D eigenvalue weighted by Gasteiger charge is 2.25. The van der Waals surface area contributed by atoms with Crippen LogP contribution in [0.5, 0.6) is 0 Å². The molecule has 20 heavy (non-hydrogen) atoms. The van der Waals surface area contributed by atoms with Gasteiger partial charge in [-0.15, -0.1) is 0 Å². The number of furan rings is 1. The molecule has 1 unspecified atom stereocenters. The molecule has 6 heteroatoms. The Bertz CT molecular complexity index is 566. The molecule has 112 valence electrons. The molecule has 0 aromatic carbocycles. The Morgan fingerprint density at radius 1 is 1.30 bits per heavy atom. The fraction of sp³-hybridized carbons (Fsp3) is 0.643. The molecule has 0 aliphatic heterocycles. The molecule has 1 aliphatic carbocycles. The maximum atomic E-state index is 11.9. The van der Waals surface area contributed by atoms with Crippen LogP contribution < -0.4 is 0 Å². The fourth-order valence-corrected chi connectivity index (χ4v) is 3.11. The first kappa shape index (κ1) is 15.1. The summed E-state index contributed by atoms with van der Waals surface area (Å²) >= 11 is 0. The van der Waals surface area contributed by atoms with E-state index >= 15 is 0 Å². The molecule has 1 aliphatic rings. The minimum atomic E-state index is -3.44. The lowest BCUT2D eigenvalue weighted by Crippen LogP contribution is -2.25. The second-order valence-electron chi connectivity index (χ2n) is 5.40. The van der Waals surface area contributed by atoms with Crippen molar-refractivity contribution in [3.63, 3.8) is 0 Å². The van der Waals surface area contributed by atoms with Crippen molar-refractivity contribution in [1.29, 1.82) is 0 Å². The van der Waals surface area contributed by atoms with Gasteiger partial charge in [0.15, 0.2) is 0 Å². The number of carbonyl (C=O) groups excluding carboxylic acids is 1. The van der Waals surface area contributed by atoms with Crippen LogP contribution in [0.1, 0.15) is 49.6 Å². The highest BCUT2D eigenvalue weighted by molar-refractivity contribution is 7.90. The number of ether oxygens (including phenoxy) is 1. The third-order valence-electron chi connectivity index (χ3n) is 3.75. The van der Waals surface area contributed by atoms with E-state index in [1.165, 1.54) is 31.4 Å². The number of rotatable bonds is 4. The summed E-state index contributed by atoms with van der Waals surface area (Å²) in [4.78, 5) is 11.9. The Balaban J connectivity index is 1.99. The van der Waals surface area contributed by atoms with Crippen LogP contribution in [0.25, 0.3) is 0 Å². The topological polar surface area (TPSA) is 73.6 Å². The summed E-state index contributed by atoms with van der Waals surface area (Å²) in [6.45, 7) is 1.88. The van der Waals surface area contributed by atoms with E-state index in [-0.39, 0.29) is 17.0 Å². The Hall–Kier alpha value is -1.30. The van der Waals surface area contributed by atoms with Crippen LogP contribution in [0, 0.1) is 5.92 Å².